The van der Waals surface area contributed by atoms with Gasteiger partial charge < -0.3 is 0 Å². The Morgan fingerprint density at radius 3 is 0.977 bits per heavy atom. The van der Waals surface area contributed by atoms with E-state index >= 15 is 0 Å². The molecule has 3 aromatic rings. The van der Waals surface area contributed by atoms with Gasteiger partial charge in [-0.05, 0) is 20.8 Å². The monoisotopic (exact) mass is 686 g/mol. The molecule has 0 aromatic heterocycles. The third-order valence-electron chi connectivity index (χ3n) is 8.93. The Kier molecular flexibility index (Phi) is 13.0. The molecule has 235 valence electrons. The molecule has 0 aliphatic heterocycles. The topological polar surface area (TPSA) is 0 Å². The van der Waals surface area contributed by atoms with Gasteiger partial charge in [-0.1, -0.05) is 188 Å². The zero-order chi connectivity index (χ0) is 32.7. The molecule has 0 N–H and O–H groups in total. The van der Waals surface area contributed by atoms with Crippen LogP contribution < -0.4 is 31.1 Å². The maximum absolute atomic E-state index is 3.36. The molecule has 0 nitrogen and oxygen atoms in total. The molecule has 5 heteroatoms. The van der Waals surface area contributed by atoms with Crippen LogP contribution in [0.4, 0.5) is 0 Å². The minimum atomic E-state index is -1.42. The molecule has 1 radical (unpaired) electrons. The number of hydrogen-bond acceptors (Lipinski definition) is 0. The van der Waals surface area contributed by atoms with Gasteiger partial charge in [0.1, 0.15) is 0 Å². The third-order valence-corrected chi connectivity index (χ3v) is 17.6. The maximum Gasteiger partial charge on any atom is 0.154 e. The second kappa shape index (κ2) is 14.6. The first-order valence-corrected chi connectivity index (χ1v) is 28.1. The molecule has 44 heavy (non-hydrogen) atoms. The predicted octanol–water partition coefficient (Wildman–Crippen LogP) is 7.48. The zero-order valence-corrected chi connectivity index (χ0v) is 36.3. The van der Waals surface area contributed by atoms with Gasteiger partial charge in [0.15, 0.2) is 8.80 Å². The Bertz CT molecular complexity index is 1390. The van der Waals surface area contributed by atoms with E-state index in [1.807, 2.05) is 0 Å². The zero-order valence-electron chi connectivity index (χ0n) is 30.8. The molecule has 0 spiro atoms. The minimum absolute atomic E-state index is 0. The molecule has 1 aliphatic rings. The summed E-state index contributed by atoms with van der Waals surface area (Å²) in [7, 11) is -5.37. The normalized spacial score (nSPS) is 15.6. The molecule has 4 rings (SSSR count). The quantitative estimate of drug-likeness (QED) is 0.143. The van der Waals surface area contributed by atoms with Gasteiger partial charge in [0.05, 0.1) is 24.2 Å². The van der Waals surface area contributed by atoms with Crippen LogP contribution in [0.5, 0.6) is 0 Å². The molecule has 1 unspecified atom stereocenters. The van der Waals surface area contributed by atoms with E-state index in [1.54, 1.807) is 31.1 Å². The summed E-state index contributed by atoms with van der Waals surface area (Å²) in [6, 6.07) is 22.6. The van der Waals surface area contributed by atoms with Crippen LogP contribution in [-0.4, -0.2) is 33.0 Å². The summed E-state index contributed by atoms with van der Waals surface area (Å²) in [5.41, 5.74) is 8.48. The summed E-state index contributed by atoms with van der Waals surface area (Å²) in [4.78, 5) is 0. The molecule has 3 aromatic carbocycles. The van der Waals surface area contributed by atoms with Crippen molar-refractivity contribution in [2.75, 3.05) is 0 Å². The van der Waals surface area contributed by atoms with E-state index in [-0.39, 0.29) is 21.7 Å². The number of rotatable bonds is 6. The largest absolute Gasteiger partial charge is 0.266 e. The van der Waals surface area contributed by atoms with Crippen LogP contribution in [0.25, 0.3) is 0 Å². The summed E-state index contributed by atoms with van der Waals surface area (Å²) in [6.07, 6.45) is 3.36. The molecule has 1 atom stereocenters. The van der Waals surface area contributed by atoms with Crippen molar-refractivity contribution in [3.05, 3.63) is 94.1 Å². The van der Waals surface area contributed by atoms with Gasteiger partial charge in [-0.15, -0.1) is 6.92 Å². The molecule has 0 saturated carbocycles. The van der Waals surface area contributed by atoms with Gasteiger partial charge in [-0.3, -0.25) is 6.08 Å². The first-order valence-electron chi connectivity index (χ1n) is 16.1. The maximum atomic E-state index is 3.36. The van der Waals surface area contributed by atoms with Crippen LogP contribution in [0, 0.1) is 32.8 Å². The molecular formula is C39H58Si4Ti-. The van der Waals surface area contributed by atoms with Crippen molar-refractivity contribution in [1.82, 2.24) is 0 Å². The average molecular weight is 687 g/mol. The minimum Gasteiger partial charge on any atom is -0.266 e. The molecule has 0 amide bonds. The van der Waals surface area contributed by atoms with Crippen LogP contribution >= 0.6 is 0 Å². The van der Waals surface area contributed by atoms with Crippen LogP contribution in [0.3, 0.4) is 0 Å². The molecular weight excluding hydrogens is 629 g/mol. The summed E-state index contributed by atoms with van der Waals surface area (Å²) in [6.45, 7) is 37.8. The van der Waals surface area contributed by atoms with E-state index in [9.17, 15) is 0 Å². The summed E-state index contributed by atoms with van der Waals surface area (Å²) < 4.78 is 0. The van der Waals surface area contributed by atoms with Crippen LogP contribution in [0.2, 0.25) is 58.9 Å². The molecule has 0 fully saturated rings. The van der Waals surface area contributed by atoms with Crippen molar-refractivity contribution in [3.8, 4) is 0 Å². The first kappa shape index (κ1) is 38.9. The number of benzene rings is 3. The summed E-state index contributed by atoms with van der Waals surface area (Å²) in [5.74, 6) is 0.560. The van der Waals surface area contributed by atoms with Gasteiger partial charge in [0.25, 0.3) is 0 Å². The van der Waals surface area contributed by atoms with Crippen LogP contribution in [0.1, 0.15) is 44.4 Å². The van der Waals surface area contributed by atoms with Gasteiger partial charge >= 0.3 is 0 Å². The fraction of sp³-hybridized carbons (Fsp3) is 0.436. The average Bonchev–Trinajstić information content (AvgIpc) is 3.07. The van der Waals surface area contributed by atoms with Crippen molar-refractivity contribution < 1.29 is 21.7 Å². The van der Waals surface area contributed by atoms with Gasteiger partial charge in [-0.25, -0.2) is 5.57 Å². The Hall–Kier alpha value is -1.28. The molecule has 0 heterocycles. The molecule has 1 aliphatic carbocycles. The van der Waals surface area contributed by atoms with Gasteiger partial charge in [-0.2, -0.15) is 11.1 Å². The van der Waals surface area contributed by atoms with Crippen molar-refractivity contribution in [3.63, 3.8) is 0 Å². The fourth-order valence-electron chi connectivity index (χ4n) is 5.74. The van der Waals surface area contributed by atoms with Crippen molar-refractivity contribution >= 4 is 64.1 Å². The number of allylic oxidation sites excluding steroid dienone is 4. The van der Waals surface area contributed by atoms with Crippen molar-refractivity contribution in [2.45, 2.75) is 107 Å². The van der Waals surface area contributed by atoms with Crippen LogP contribution in [-0.2, 0) is 21.7 Å². The Balaban J connectivity index is 0.000000579. The number of aryl methyl sites for hydroxylation is 3. The fourth-order valence-corrected chi connectivity index (χ4v) is 12.9. The van der Waals surface area contributed by atoms with Crippen molar-refractivity contribution in [2.24, 2.45) is 5.92 Å². The van der Waals surface area contributed by atoms with Gasteiger partial charge in [0, 0.05) is 21.7 Å². The van der Waals surface area contributed by atoms with Crippen LogP contribution in [0.15, 0.2) is 71.3 Å². The molecule has 0 bridgehead atoms. The van der Waals surface area contributed by atoms with E-state index in [2.05, 4.69) is 168 Å². The van der Waals surface area contributed by atoms with Crippen molar-refractivity contribution in [1.29, 1.82) is 0 Å². The second-order valence-corrected chi connectivity index (χ2v) is 33.9. The van der Waals surface area contributed by atoms with E-state index in [4.69, 9.17) is 0 Å². The first-order chi connectivity index (χ1) is 19.6. The SMILES string of the molecule is CC1=[C-]C(C)C(C)=C1C.Cc1cc([Si](c2cc(C)cc([Si](C)(C)C)c2)c2cc(C)cc([Si](C)(C)C)c2)cc([Si](C)(C)C)c1.[Ti]. The van der Waals surface area contributed by atoms with E-state index in [0.29, 0.717) is 5.92 Å². The summed E-state index contributed by atoms with van der Waals surface area (Å²) >= 11 is 0. The third kappa shape index (κ3) is 9.86. The van der Waals surface area contributed by atoms with E-state index < -0.39 is 33.0 Å². The Morgan fingerprint density at radius 2 is 0.795 bits per heavy atom. The second-order valence-electron chi connectivity index (χ2n) is 16.2. The van der Waals surface area contributed by atoms with E-state index in [1.165, 1.54) is 33.4 Å². The standard InChI is InChI=1S/C30H45Si4.C9H13.Ti/c1-22-13-25(19-28(16-22)32(4,5)6)31(26-14-23(2)17-29(20-26)33(7,8)9)27-15-24(3)18-30(21-27)34(10,11)12;1-6-5-7(2)9(4)8(6)3;/h13-21H,1-12H3;6H,1-4H3;/q;-1;. The summed E-state index contributed by atoms with van der Waals surface area (Å²) in [5, 5.41) is 9.42. The predicted molar refractivity (Wildman–Crippen MR) is 207 cm³/mol. The Morgan fingerprint density at radius 1 is 0.500 bits per heavy atom. The van der Waals surface area contributed by atoms with Gasteiger partial charge in [0.2, 0.25) is 0 Å². The molecule has 0 saturated heterocycles. The number of hydrogen-bond donors (Lipinski definition) is 0. The Labute approximate surface area is 291 Å². The van der Waals surface area contributed by atoms with E-state index in [0.717, 1.165) is 0 Å². The smallest absolute Gasteiger partial charge is 0.154 e.